The van der Waals surface area contributed by atoms with Crippen LogP contribution in [0.25, 0.3) is 0 Å². The van der Waals surface area contributed by atoms with E-state index in [1.54, 1.807) is 12.4 Å². The summed E-state index contributed by atoms with van der Waals surface area (Å²) in [7, 11) is 3.22. The fraction of sp³-hybridized carbons (Fsp3) is 0.273. The minimum Gasteiger partial charge on any atom is -0.490 e. The molecule has 1 rings (SSSR count). The standard InChI is InChI=1S/C8H10N3O.C2H6.CH3.5Y/c1-9-8(12)11-6-7-3-2-4-10-5-7;1-2;;;;;;/h2-5H,1,6H2,(H2,9,11,12);1-2H3;1H3;;;;;/q-1;;-1;;;;;. The Labute approximate surface area is 249 Å². The van der Waals surface area contributed by atoms with Crippen LogP contribution in [0.2, 0.25) is 0 Å². The summed E-state index contributed by atoms with van der Waals surface area (Å²) in [6.07, 6.45) is 3.38. The van der Waals surface area contributed by atoms with Gasteiger partial charge in [0.15, 0.2) is 0 Å². The van der Waals surface area contributed by atoms with Crippen molar-refractivity contribution in [3.05, 3.63) is 44.6 Å². The van der Waals surface area contributed by atoms with Gasteiger partial charge in [-0.25, -0.2) is 0 Å². The summed E-state index contributed by atoms with van der Waals surface area (Å²) in [5.74, 6) is 0. The number of carbonyl (C=O) groups excluding carboxylic acids is 1. The molecule has 0 bridgehead atoms. The molecule has 4 nitrogen and oxygen atoms in total. The molecule has 0 unspecified atom stereocenters. The summed E-state index contributed by atoms with van der Waals surface area (Å²) < 4.78 is 0. The minimum absolute atomic E-state index is 0. The number of rotatable bonds is 2. The van der Waals surface area contributed by atoms with Gasteiger partial charge in [0.05, 0.1) is 0 Å². The first-order valence-electron chi connectivity index (χ1n) is 4.53. The molecule has 20 heavy (non-hydrogen) atoms. The number of pyridine rings is 1. The van der Waals surface area contributed by atoms with Gasteiger partial charge in [-0.05, 0) is 11.6 Å². The van der Waals surface area contributed by atoms with Gasteiger partial charge in [-0.3, -0.25) is 16.8 Å². The van der Waals surface area contributed by atoms with Crippen LogP contribution >= 0.6 is 0 Å². The zero-order valence-electron chi connectivity index (χ0n) is 12.5. The van der Waals surface area contributed by atoms with E-state index in [2.05, 4.69) is 22.7 Å². The normalized spacial score (nSPS) is 5.75. The molecule has 0 aliphatic carbocycles. The molecule has 101 valence electrons. The Morgan fingerprint density at radius 1 is 1.20 bits per heavy atom. The number of nitrogens with one attached hydrogen (secondary N) is 2. The molecule has 0 aliphatic heterocycles. The zero-order chi connectivity index (χ0) is 10.8. The van der Waals surface area contributed by atoms with Crippen molar-refractivity contribution < 1.29 is 168 Å². The van der Waals surface area contributed by atoms with Gasteiger partial charge in [0.2, 0.25) is 0 Å². The summed E-state index contributed by atoms with van der Waals surface area (Å²) in [5, 5.41) is 4.81. The smallest absolute Gasteiger partial charge is 0.285 e. The molecule has 5 radical (unpaired) electrons. The van der Waals surface area contributed by atoms with Gasteiger partial charge in [0.25, 0.3) is 6.03 Å². The van der Waals surface area contributed by atoms with E-state index in [0.717, 1.165) is 5.56 Å². The Morgan fingerprint density at radius 2 is 1.70 bits per heavy atom. The number of urea groups is 1. The minimum atomic E-state index is -0.293. The van der Waals surface area contributed by atoms with Crippen LogP contribution in [0.15, 0.2) is 24.5 Å². The van der Waals surface area contributed by atoms with E-state index in [9.17, 15) is 4.79 Å². The Hall–Kier alpha value is 3.94. The Kier molecular flexibility index (Phi) is 75.3. The third-order valence-electron chi connectivity index (χ3n) is 1.34. The van der Waals surface area contributed by atoms with Crippen molar-refractivity contribution in [3.8, 4) is 0 Å². The fourth-order valence-corrected chi connectivity index (χ4v) is 0.748. The fourth-order valence-electron chi connectivity index (χ4n) is 0.748. The predicted octanol–water partition coefficient (Wildman–Crippen LogP) is 2.14. The Morgan fingerprint density at radius 3 is 2.05 bits per heavy atom. The first-order chi connectivity index (χ1) is 6.83. The molecule has 1 heterocycles. The van der Waals surface area contributed by atoms with Gasteiger partial charge < -0.3 is 18.1 Å². The summed E-state index contributed by atoms with van der Waals surface area (Å²) in [4.78, 5) is 14.6. The average Bonchev–Trinajstić information content (AvgIpc) is 2.30. The maximum atomic E-state index is 10.7. The second-order valence-electron chi connectivity index (χ2n) is 2.22. The molecular weight excluding hydrogens is 635 g/mol. The van der Waals surface area contributed by atoms with Crippen LogP contribution in [-0.4, -0.2) is 11.0 Å². The van der Waals surface area contributed by atoms with E-state index in [1.165, 1.54) is 0 Å². The molecular formula is C11H19N3OY5-2. The van der Waals surface area contributed by atoms with E-state index in [-0.39, 0.29) is 177 Å². The second-order valence-corrected chi connectivity index (χ2v) is 2.22. The van der Waals surface area contributed by atoms with Gasteiger partial charge in [-0.15, -0.1) is 0 Å². The van der Waals surface area contributed by atoms with Gasteiger partial charge in [0.1, 0.15) is 0 Å². The molecule has 0 fully saturated rings. The third-order valence-corrected chi connectivity index (χ3v) is 1.34. The number of nitrogens with zero attached hydrogens (tertiary/aromatic N) is 1. The van der Waals surface area contributed by atoms with Crippen molar-refractivity contribution in [2.75, 3.05) is 0 Å². The Bertz CT molecular complexity index is 265. The maximum Gasteiger partial charge on any atom is 0.285 e. The molecule has 1 aromatic rings. The largest absolute Gasteiger partial charge is 0.490 e. The van der Waals surface area contributed by atoms with Crippen LogP contribution in [-0.2, 0) is 170 Å². The molecule has 0 saturated carbocycles. The van der Waals surface area contributed by atoms with Crippen LogP contribution < -0.4 is 10.6 Å². The van der Waals surface area contributed by atoms with Crippen molar-refractivity contribution in [1.82, 2.24) is 15.6 Å². The first-order valence-corrected chi connectivity index (χ1v) is 4.53. The number of hydrogen-bond acceptors (Lipinski definition) is 2. The monoisotopic (exact) mass is 654 g/mol. The van der Waals surface area contributed by atoms with Crippen LogP contribution in [0.1, 0.15) is 19.4 Å². The molecule has 1 aromatic heterocycles. The molecule has 0 aliphatic rings. The molecule has 0 aromatic carbocycles. The van der Waals surface area contributed by atoms with Crippen LogP contribution in [0.4, 0.5) is 4.79 Å². The molecule has 2 amide bonds. The van der Waals surface area contributed by atoms with E-state index in [0.29, 0.717) is 6.54 Å². The van der Waals surface area contributed by atoms with Crippen molar-refractivity contribution >= 4 is 6.03 Å². The zero-order valence-corrected chi connectivity index (χ0v) is 26.7. The summed E-state index contributed by atoms with van der Waals surface area (Å²) >= 11 is 0. The molecule has 0 spiro atoms. The third kappa shape index (κ3) is 26.8. The van der Waals surface area contributed by atoms with Crippen molar-refractivity contribution in [2.45, 2.75) is 20.4 Å². The van der Waals surface area contributed by atoms with Gasteiger partial charge in [-0.2, -0.15) is 0 Å². The number of amides is 2. The second kappa shape index (κ2) is 34.3. The maximum absolute atomic E-state index is 10.7. The summed E-state index contributed by atoms with van der Waals surface area (Å²) in [6.45, 7) is 4.47. The SMILES string of the molecule is CC.[CH2-]NC(=O)NCc1cccnc1.[CH3-].[Y].[Y].[Y].[Y].[Y]. The van der Waals surface area contributed by atoms with Gasteiger partial charge >= 0.3 is 0 Å². The topological polar surface area (TPSA) is 54.0 Å². The van der Waals surface area contributed by atoms with Crippen LogP contribution in [0.5, 0.6) is 0 Å². The van der Waals surface area contributed by atoms with Gasteiger partial charge in [-0.1, -0.05) is 19.9 Å². The van der Waals surface area contributed by atoms with E-state index in [1.807, 2.05) is 26.0 Å². The Balaban J connectivity index is -0.0000000404. The molecule has 0 atom stereocenters. The number of hydrogen-bond donors (Lipinski definition) is 2. The molecule has 2 N–H and O–H groups in total. The molecule has 9 heteroatoms. The van der Waals surface area contributed by atoms with E-state index in [4.69, 9.17) is 0 Å². The molecule has 0 saturated heterocycles. The van der Waals surface area contributed by atoms with Crippen LogP contribution in [0.3, 0.4) is 0 Å². The number of carbonyl (C=O) groups is 1. The quantitative estimate of drug-likeness (QED) is 0.481. The average molecular weight is 654 g/mol. The predicted molar refractivity (Wildman–Crippen MR) is 62.7 cm³/mol. The van der Waals surface area contributed by atoms with E-state index < -0.39 is 0 Å². The van der Waals surface area contributed by atoms with Crippen molar-refractivity contribution in [3.63, 3.8) is 0 Å². The first kappa shape index (κ1) is 43.9. The summed E-state index contributed by atoms with van der Waals surface area (Å²) in [5.41, 5.74) is 0.959. The number of aromatic nitrogens is 1. The van der Waals surface area contributed by atoms with Crippen LogP contribution in [0, 0.1) is 14.5 Å². The van der Waals surface area contributed by atoms with Crippen molar-refractivity contribution in [2.24, 2.45) is 0 Å². The van der Waals surface area contributed by atoms with E-state index >= 15 is 0 Å². The van der Waals surface area contributed by atoms with Gasteiger partial charge in [0, 0.05) is 182 Å². The summed E-state index contributed by atoms with van der Waals surface area (Å²) in [6, 6.07) is 3.41. The van der Waals surface area contributed by atoms with Crippen molar-refractivity contribution in [1.29, 1.82) is 0 Å².